The smallest absolute Gasteiger partial charge is 0.356 e. The minimum Gasteiger partial charge on any atom is -0.497 e. The molecule has 122 valence electrons. The van der Waals surface area contributed by atoms with E-state index in [2.05, 4.69) is 21.4 Å². The summed E-state index contributed by atoms with van der Waals surface area (Å²) in [5.74, 6) is 0.342. The summed E-state index contributed by atoms with van der Waals surface area (Å²) in [5, 5.41) is 12.5. The van der Waals surface area contributed by atoms with Gasteiger partial charge in [0, 0.05) is 18.6 Å². The van der Waals surface area contributed by atoms with E-state index in [1.807, 2.05) is 12.1 Å². The lowest BCUT2D eigenvalue weighted by atomic mass is 10.1. The number of anilines is 1. The average molecular weight is 324 g/mol. The highest BCUT2D eigenvalue weighted by molar-refractivity contribution is 5.87. The lowest BCUT2D eigenvalue weighted by molar-refractivity contribution is 0.0691. The van der Waals surface area contributed by atoms with Gasteiger partial charge in [-0.15, -0.1) is 0 Å². The minimum absolute atomic E-state index is 0.000425. The lowest BCUT2D eigenvalue weighted by Crippen LogP contribution is -2.10. The number of aryl methyl sites for hydroxylation is 1. The summed E-state index contributed by atoms with van der Waals surface area (Å²) in [7, 11) is 1.65. The maximum Gasteiger partial charge on any atom is 0.356 e. The Morgan fingerprint density at radius 1 is 1.46 bits per heavy atom. The summed E-state index contributed by atoms with van der Waals surface area (Å²) < 4.78 is 6.98. The molecule has 1 aliphatic rings. The number of rotatable bonds is 4. The van der Waals surface area contributed by atoms with Crippen LogP contribution in [-0.4, -0.2) is 32.6 Å². The van der Waals surface area contributed by atoms with Crippen molar-refractivity contribution in [2.45, 2.75) is 18.9 Å². The second-order valence-corrected chi connectivity index (χ2v) is 5.74. The highest BCUT2D eigenvalue weighted by atomic mass is 16.5. The SMILES string of the molecule is COc1ccc2c(c1)C(Nc1nccn3cc(C(=O)O)nc13)CC2. The minimum atomic E-state index is -1.06. The Labute approximate surface area is 137 Å². The highest BCUT2D eigenvalue weighted by Gasteiger charge is 2.24. The van der Waals surface area contributed by atoms with Crippen molar-refractivity contribution in [2.24, 2.45) is 0 Å². The van der Waals surface area contributed by atoms with Crippen molar-refractivity contribution >= 4 is 17.4 Å². The molecular weight excluding hydrogens is 308 g/mol. The number of methoxy groups -OCH3 is 1. The van der Waals surface area contributed by atoms with Gasteiger partial charge in [0.05, 0.1) is 13.2 Å². The molecule has 2 aromatic heterocycles. The second-order valence-electron chi connectivity index (χ2n) is 5.74. The molecule has 0 saturated carbocycles. The molecule has 24 heavy (non-hydrogen) atoms. The van der Waals surface area contributed by atoms with E-state index in [9.17, 15) is 4.79 Å². The van der Waals surface area contributed by atoms with Gasteiger partial charge in [0.15, 0.2) is 17.2 Å². The van der Waals surface area contributed by atoms with Crippen LogP contribution in [0.15, 0.2) is 36.8 Å². The fourth-order valence-electron chi connectivity index (χ4n) is 3.15. The zero-order chi connectivity index (χ0) is 16.7. The Bertz CT molecular complexity index is 935. The summed E-state index contributed by atoms with van der Waals surface area (Å²) in [6.07, 6.45) is 6.72. The molecule has 1 unspecified atom stereocenters. The van der Waals surface area contributed by atoms with Gasteiger partial charge in [-0.05, 0) is 36.1 Å². The average Bonchev–Trinajstić information content (AvgIpc) is 3.19. The summed E-state index contributed by atoms with van der Waals surface area (Å²) in [5.41, 5.74) is 2.98. The number of carboxylic acid groups (broad SMARTS) is 1. The third-order valence-electron chi connectivity index (χ3n) is 4.34. The van der Waals surface area contributed by atoms with E-state index in [0.29, 0.717) is 11.5 Å². The van der Waals surface area contributed by atoms with Crippen molar-refractivity contribution < 1.29 is 14.6 Å². The molecule has 0 spiro atoms. The first-order valence-electron chi connectivity index (χ1n) is 7.66. The highest BCUT2D eigenvalue weighted by Crippen LogP contribution is 2.36. The van der Waals surface area contributed by atoms with Crippen molar-refractivity contribution in [3.05, 3.63) is 53.6 Å². The molecule has 3 aromatic rings. The summed E-state index contributed by atoms with van der Waals surface area (Å²) in [6.45, 7) is 0. The molecule has 0 fully saturated rings. The van der Waals surface area contributed by atoms with Crippen molar-refractivity contribution in [3.63, 3.8) is 0 Å². The van der Waals surface area contributed by atoms with Gasteiger partial charge in [0.2, 0.25) is 0 Å². The number of nitrogens with zero attached hydrogens (tertiary/aromatic N) is 3. The van der Waals surface area contributed by atoms with Crippen LogP contribution in [0.25, 0.3) is 5.65 Å². The van der Waals surface area contributed by atoms with Gasteiger partial charge in [-0.2, -0.15) is 0 Å². The zero-order valence-electron chi connectivity index (χ0n) is 13.1. The van der Waals surface area contributed by atoms with Crippen LogP contribution in [0, 0.1) is 0 Å². The largest absolute Gasteiger partial charge is 0.497 e. The van der Waals surface area contributed by atoms with E-state index in [-0.39, 0.29) is 11.7 Å². The number of nitrogens with one attached hydrogen (secondary N) is 1. The number of fused-ring (bicyclic) bond motifs is 2. The van der Waals surface area contributed by atoms with Gasteiger partial charge in [-0.1, -0.05) is 6.07 Å². The maximum atomic E-state index is 11.1. The van der Waals surface area contributed by atoms with Gasteiger partial charge in [-0.3, -0.25) is 0 Å². The Balaban J connectivity index is 1.70. The Morgan fingerprint density at radius 3 is 3.12 bits per heavy atom. The number of imidazole rings is 1. The molecule has 0 amide bonds. The Morgan fingerprint density at radius 2 is 2.33 bits per heavy atom. The number of carbonyl (C=O) groups is 1. The van der Waals surface area contributed by atoms with Crippen LogP contribution < -0.4 is 10.1 Å². The molecule has 0 bridgehead atoms. The Hall–Kier alpha value is -3.09. The van der Waals surface area contributed by atoms with Crippen molar-refractivity contribution in [1.82, 2.24) is 14.4 Å². The van der Waals surface area contributed by atoms with Crippen LogP contribution in [0.3, 0.4) is 0 Å². The molecule has 2 heterocycles. The quantitative estimate of drug-likeness (QED) is 0.766. The first-order valence-corrected chi connectivity index (χ1v) is 7.66. The molecular formula is C17H16N4O3. The van der Waals surface area contributed by atoms with E-state index in [4.69, 9.17) is 9.84 Å². The van der Waals surface area contributed by atoms with Crippen LogP contribution in [0.4, 0.5) is 5.82 Å². The number of hydrogen-bond donors (Lipinski definition) is 2. The molecule has 1 aliphatic carbocycles. The topological polar surface area (TPSA) is 88.8 Å². The molecule has 4 rings (SSSR count). The van der Waals surface area contributed by atoms with Crippen LogP contribution in [0.1, 0.15) is 34.1 Å². The van der Waals surface area contributed by atoms with E-state index in [0.717, 1.165) is 18.6 Å². The first-order chi connectivity index (χ1) is 11.7. The van der Waals surface area contributed by atoms with Gasteiger partial charge >= 0.3 is 5.97 Å². The second kappa shape index (κ2) is 5.52. The normalized spacial score (nSPS) is 16.1. The fraction of sp³-hybridized carbons (Fsp3) is 0.235. The third-order valence-corrected chi connectivity index (χ3v) is 4.34. The summed E-state index contributed by atoms with van der Waals surface area (Å²) in [6, 6.07) is 6.18. The number of carboxylic acids is 1. The van der Waals surface area contributed by atoms with Crippen LogP contribution >= 0.6 is 0 Å². The molecule has 7 heteroatoms. The fourth-order valence-corrected chi connectivity index (χ4v) is 3.15. The Kier molecular flexibility index (Phi) is 3.34. The van der Waals surface area contributed by atoms with Crippen molar-refractivity contribution in [2.75, 3.05) is 12.4 Å². The number of hydrogen-bond acceptors (Lipinski definition) is 5. The van der Waals surface area contributed by atoms with Crippen LogP contribution in [0.2, 0.25) is 0 Å². The third kappa shape index (κ3) is 2.34. The standard InChI is InChI=1S/C17H16N4O3/c1-24-11-4-2-10-3-5-13(12(10)8-11)19-15-16-20-14(17(22)23)9-21(16)7-6-18-15/h2,4,6-9,13H,3,5H2,1H3,(H,18,19)(H,22,23). The molecule has 7 nitrogen and oxygen atoms in total. The van der Waals surface area contributed by atoms with Crippen molar-refractivity contribution in [3.8, 4) is 5.75 Å². The van der Waals surface area contributed by atoms with Gasteiger partial charge in [0.1, 0.15) is 5.75 Å². The molecule has 1 atom stereocenters. The summed E-state index contributed by atoms with van der Waals surface area (Å²) >= 11 is 0. The monoisotopic (exact) mass is 324 g/mol. The summed E-state index contributed by atoms with van der Waals surface area (Å²) in [4.78, 5) is 19.6. The number of benzene rings is 1. The zero-order valence-corrected chi connectivity index (χ0v) is 13.1. The van der Waals surface area contributed by atoms with Crippen LogP contribution in [0.5, 0.6) is 5.75 Å². The molecule has 0 saturated heterocycles. The van der Waals surface area contributed by atoms with Gasteiger partial charge < -0.3 is 19.6 Å². The predicted octanol–water partition coefficient (Wildman–Crippen LogP) is 2.54. The van der Waals surface area contributed by atoms with E-state index < -0.39 is 5.97 Å². The van der Waals surface area contributed by atoms with Crippen molar-refractivity contribution in [1.29, 1.82) is 0 Å². The molecule has 2 N–H and O–H groups in total. The predicted molar refractivity (Wildman–Crippen MR) is 87.6 cm³/mol. The molecule has 0 radical (unpaired) electrons. The number of ether oxygens (including phenoxy) is 1. The first kappa shape index (κ1) is 14.5. The van der Waals surface area contributed by atoms with Gasteiger partial charge in [0.25, 0.3) is 0 Å². The van der Waals surface area contributed by atoms with E-state index in [1.54, 1.807) is 23.9 Å². The van der Waals surface area contributed by atoms with Crippen LogP contribution in [-0.2, 0) is 6.42 Å². The number of aromatic nitrogens is 3. The maximum absolute atomic E-state index is 11.1. The van der Waals surface area contributed by atoms with E-state index >= 15 is 0 Å². The lowest BCUT2D eigenvalue weighted by Gasteiger charge is -2.15. The van der Waals surface area contributed by atoms with Gasteiger partial charge in [-0.25, -0.2) is 14.8 Å². The van der Waals surface area contributed by atoms with E-state index in [1.165, 1.54) is 17.3 Å². The molecule has 1 aromatic carbocycles. The molecule has 0 aliphatic heterocycles. The number of aromatic carboxylic acids is 1.